The molecule has 1 aromatic heterocycles. The first-order valence-corrected chi connectivity index (χ1v) is 10.4. The van der Waals surface area contributed by atoms with Crippen molar-refractivity contribution in [3.05, 3.63) is 40.4 Å². The maximum atomic E-state index is 12.0. The molecule has 9 nitrogen and oxygen atoms in total. The molecule has 3 N–H and O–H groups in total. The third-order valence-corrected chi connectivity index (χ3v) is 5.80. The van der Waals surface area contributed by atoms with Gasteiger partial charge in [0.1, 0.15) is 11.7 Å². The van der Waals surface area contributed by atoms with Crippen molar-refractivity contribution in [2.24, 2.45) is 4.99 Å². The minimum absolute atomic E-state index is 0.161. The first-order chi connectivity index (χ1) is 12.9. The highest BCUT2D eigenvalue weighted by Crippen LogP contribution is 2.22. The first-order valence-electron chi connectivity index (χ1n) is 8.50. The summed E-state index contributed by atoms with van der Waals surface area (Å²) in [6.45, 7) is 3.31. The van der Waals surface area contributed by atoms with E-state index >= 15 is 0 Å². The van der Waals surface area contributed by atoms with Gasteiger partial charge in [-0.15, -0.1) is 0 Å². The topological polar surface area (TPSA) is 121 Å². The number of nitrogens with one attached hydrogen (secondary N) is 3. The number of hydrogen-bond donors (Lipinski definition) is 3. The van der Waals surface area contributed by atoms with E-state index in [4.69, 9.17) is 12.2 Å². The Morgan fingerprint density at radius 2 is 2.15 bits per heavy atom. The van der Waals surface area contributed by atoms with Gasteiger partial charge in [-0.05, 0) is 31.3 Å². The lowest BCUT2D eigenvalue weighted by atomic mass is 10.2. The van der Waals surface area contributed by atoms with Crippen LogP contribution < -0.4 is 10.0 Å². The Morgan fingerprint density at radius 1 is 1.37 bits per heavy atom. The van der Waals surface area contributed by atoms with Crippen LogP contribution in [0.3, 0.4) is 0 Å². The number of carbonyl (C=O) groups excluding carboxylic acids is 1. The van der Waals surface area contributed by atoms with Crippen molar-refractivity contribution < 1.29 is 13.2 Å². The van der Waals surface area contributed by atoms with Crippen LogP contribution in [-0.2, 0) is 27.8 Å². The molecule has 0 bridgehead atoms. The van der Waals surface area contributed by atoms with E-state index in [1.807, 2.05) is 11.5 Å². The molecule has 144 valence electrons. The smallest absolute Gasteiger partial charge is 0.263 e. The molecule has 11 heteroatoms. The van der Waals surface area contributed by atoms with E-state index in [0.717, 1.165) is 5.82 Å². The second-order valence-electron chi connectivity index (χ2n) is 5.87. The number of amidine groups is 1. The SMILES string of the molecule is CCn1c(CCNC(=O)CCN=C2NS(=O)(=O)c3ccccc32)n[nH]c1=S. The fraction of sp³-hybridized carbons (Fsp3) is 0.375. The monoisotopic (exact) mass is 408 g/mol. The van der Waals surface area contributed by atoms with E-state index < -0.39 is 10.0 Å². The number of aromatic nitrogens is 3. The lowest BCUT2D eigenvalue weighted by Crippen LogP contribution is -2.27. The van der Waals surface area contributed by atoms with Gasteiger partial charge in [-0.3, -0.25) is 19.6 Å². The van der Waals surface area contributed by atoms with E-state index in [-0.39, 0.29) is 29.6 Å². The van der Waals surface area contributed by atoms with E-state index in [0.29, 0.717) is 29.8 Å². The number of carbonyl (C=O) groups is 1. The number of aliphatic imine (C=N–C) groups is 1. The van der Waals surface area contributed by atoms with Gasteiger partial charge >= 0.3 is 0 Å². The van der Waals surface area contributed by atoms with Crippen molar-refractivity contribution in [1.82, 2.24) is 24.8 Å². The Balaban J connectivity index is 1.50. The predicted octanol–water partition coefficient (Wildman–Crippen LogP) is 0.748. The van der Waals surface area contributed by atoms with Crippen molar-refractivity contribution in [3.63, 3.8) is 0 Å². The zero-order chi connectivity index (χ0) is 19.4. The standard InChI is InChI=1S/C16H20N6O3S2/c1-2-22-13(19-20-16(22)26)7-9-17-14(23)8-10-18-15-11-5-3-4-6-12(11)27(24,25)21-15/h3-6H,2,7-10H2,1H3,(H,17,23)(H,18,21)(H,20,26). The van der Waals surface area contributed by atoms with Crippen LogP contribution in [0.25, 0.3) is 0 Å². The number of sulfonamides is 1. The number of hydrogen-bond acceptors (Lipinski definition) is 6. The molecule has 0 unspecified atom stereocenters. The van der Waals surface area contributed by atoms with Crippen molar-refractivity contribution in [2.45, 2.75) is 31.2 Å². The van der Waals surface area contributed by atoms with Gasteiger partial charge in [0, 0.05) is 31.5 Å². The van der Waals surface area contributed by atoms with Crippen LogP contribution in [0.5, 0.6) is 0 Å². The molecule has 2 heterocycles. The van der Waals surface area contributed by atoms with Gasteiger partial charge in [-0.1, -0.05) is 12.1 Å². The van der Waals surface area contributed by atoms with Gasteiger partial charge in [0.05, 0.1) is 11.4 Å². The highest BCUT2D eigenvalue weighted by molar-refractivity contribution is 7.90. The normalized spacial score (nSPS) is 16.1. The lowest BCUT2D eigenvalue weighted by molar-refractivity contribution is -0.120. The minimum atomic E-state index is -3.56. The van der Waals surface area contributed by atoms with Crippen LogP contribution in [0.15, 0.2) is 34.2 Å². The van der Waals surface area contributed by atoms with Gasteiger partial charge in [0.2, 0.25) is 5.91 Å². The number of amides is 1. The van der Waals surface area contributed by atoms with Gasteiger partial charge < -0.3 is 9.88 Å². The predicted molar refractivity (Wildman–Crippen MR) is 103 cm³/mol. The van der Waals surface area contributed by atoms with Crippen LogP contribution in [0.2, 0.25) is 0 Å². The molecule has 0 aliphatic carbocycles. The third kappa shape index (κ3) is 4.25. The zero-order valence-corrected chi connectivity index (χ0v) is 16.4. The Kier molecular flexibility index (Phi) is 5.71. The fourth-order valence-corrected chi connectivity index (χ4v) is 4.32. The molecule has 1 aliphatic heterocycles. The fourth-order valence-electron chi connectivity index (χ4n) is 2.79. The summed E-state index contributed by atoms with van der Waals surface area (Å²) >= 11 is 5.12. The minimum Gasteiger partial charge on any atom is -0.356 e. The Morgan fingerprint density at radius 3 is 2.93 bits per heavy atom. The zero-order valence-electron chi connectivity index (χ0n) is 14.7. The first kappa shape index (κ1) is 19.2. The van der Waals surface area contributed by atoms with Crippen molar-refractivity contribution in [3.8, 4) is 0 Å². The van der Waals surface area contributed by atoms with Crippen LogP contribution in [0.4, 0.5) is 0 Å². The largest absolute Gasteiger partial charge is 0.356 e. The van der Waals surface area contributed by atoms with Gasteiger partial charge in [0.15, 0.2) is 4.77 Å². The quantitative estimate of drug-likeness (QED) is 0.584. The lowest BCUT2D eigenvalue weighted by Gasteiger charge is -2.05. The van der Waals surface area contributed by atoms with Gasteiger partial charge in [0.25, 0.3) is 10.0 Å². The Hall–Kier alpha value is -2.53. The van der Waals surface area contributed by atoms with Crippen LogP contribution in [0, 0.1) is 4.77 Å². The second-order valence-corrected chi connectivity index (χ2v) is 7.91. The van der Waals surface area contributed by atoms with Gasteiger partial charge in [-0.2, -0.15) is 5.10 Å². The van der Waals surface area contributed by atoms with Crippen LogP contribution in [0.1, 0.15) is 24.7 Å². The molecular weight excluding hydrogens is 388 g/mol. The number of rotatable bonds is 7. The summed E-state index contributed by atoms with van der Waals surface area (Å²) in [5.41, 5.74) is 0.528. The molecule has 0 saturated heterocycles. The molecule has 27 heavy (non-hydrogen) atoms. The molecule has 1 amide bonds. The summed E-state index contributed by atoms with van der Waals surface area (Å²) in [5, 5.41) is 9.68. The third-order valence-electron chi connectivity index (χ3n) is 4.10. The molecule has 0 spiro atoms. The summed E-state index contributed by atoms with van der Waals surface area (Å²) in [5.74, 6) is 0.905. The van der Waals surface area contributed by atoms with Gasteiger partial charge in [-0.25, -0.2) is 8.42 Å². The summed E-state index contributed by atoms with van der Waals surface area (Å²) in [6, 6.07) is 6.62. The average Bonchev–Trinajstić information content (AvgIpc) is 3.12. The molecular formula is C16H20N6O3S2. The molecule has 0 atom stereocenters. The summed E-state index contributed by atoms with van der Waals surface area (Å²) in [7, 11) is -3.56. The van der Waals surface area contributed by atoms with E-state index in [1.54, 1.807) is 18.2 Å². The summed E-state index contributed by atoms with van der Waals surface area (Å²) < 4.78 is 28.9. The highest BCUT2D eigenvalue weighted by Gasteiger charge is 2.29. The second kappa shape index (κ2) is 8.01. The Labute approximate surface area is 162 Å². The number of nitrogens with zero attached hydrogens (tertiary/aromatic N) is 3. The molecule has 0 fully saturated rings. The average molecular weight is 409 g/mol. The number of aromatic amines is 1. The molecule has 1 aliphatic rings. The maximum absolute atomic E-state index is 12.0. The molecule has 1 aromatic carbocycles. The van der Waals surface area contributed by atoms with E-state index in [2.05, 4.69) is 25.2 Å². The molecule has 0 saturated carbocycles. The van der Waals surface area contributed by atoms with Crippen LogP contribution in [-0.4, -0.2) is 48.0 Å². The number of H-pyrrole nitrogens is 1. The van der Waals surface area contributed by atoms with E-state index in [9.17, 15) is 13.2 Å². The maximum Gasteiger partial charge on any atom is 0.263 e. The highest BCUT2D eigenvalue weighted by atomic mass is 32.2. The number of benzene rings is 1. The van der Waals surface area contributed by atoms with Crippen LogP contribution >= 0.6 is 12.2 Å². The number of fused-ring (bicyclic) bond motifs is 1. The summed E-state index contributed by atoms with van der Waals surface area (Å²) in [4.78, 5) is 16.4. The van der Waals surface area contributed by atoms with Crippen molar-refractivity contribution in [1.29, 1.82) is 0 Å². The Bertz CT molecular complexity index is 1040. The van der Waals surface area contributed by atoms with Crippen molar-refractivity contribution >= 4 is 34.0 Å². The molecule has 0 radical (unpaired) electrons. The molecule has 2 aromatic rings. The van der Waals surface area contributed by atoms with Crippen molar-refractivity contribution in [2.75, 3.05) is 13.1 Å². The van der Waals surface area contributed by atoms with E-state index in [1.165, 1.54) is 6.07 Å². The molecule has 3 rings (SSSR count). The summed E-state index contributed by atoms with van der Waals surface area (Å²) in [6.07, 6.45) is 0.725.